The zero-order valence-electron chi connectivity index (χ0n) is 9.77. The van der Waals surface area contributed by atoms with E-state index < -0.39 is 18.0 Å². The van der Waals surface area contributed by atoms with Crippen LogP contribution in [0.1, 0.15) is 26.3 Å². The quantitative estimate of drug-likeness (QED) is 0.705. The summed E-state index contributed by atoms with van der Waals surface area (Å²) in [6.45, 7) is -0.176. The Balaban J connectivity index is 2.52. The highest BCUT2D eigenvalue weighted by molar-refractivity contribution is 6.00. The molecule has 0 saturated heterocycles. The molecule has 0 spiro atoms. The molecule has 6 nitrogen and oxygen atoms in total. The van der Waals surface area contributed by atoms with Crippen LogP contribution in [0.4, 0.5) is 0 Å². The molecular weight excluding hydrogens is 238 g/mol. The Bertz CT molecular complexity index is 511. The van der Waals surface area contributed by atoms with Crippen LogP contribution in [0.15, 0.2) is 12.1 Å². The van der Waals surface area contributed by atoms with Crippen molar-refractivity contribution in [1.29, 1.82) is 0 Å². The van der Waals surface area contributed by atoms with Gasteiger partial charge in [-0.2, -0.15) is 0 Å². The van der Waals surface area contributed by atoms with E-state index in [0.717, 1.165) is 0 Å². The van der Waals surface area contributed by atoms with E-state index in [1.165, 1.54) is 19.2 Å². The molecule has 1 atom stereocenters. The molecule has 1 aromatic rings. The molecule has 2 rings (SSSR count). The van der Waals surface area contributed by atoms with E-state index in [2.05, 4.69) is 5.32 Å². The molecule has 18 heavy (non-hydrogen) atoms. The summed E-state index contributed by atoms with van der Waals surface area (Å²) in [7, 11) is 1.46. The van der Waals surface area contributed by atoms with E-state index in [1.807, 2.05) is 0 Å². The van der Waals surface area contributed by atoms with E-state index in [1.54, 1.807) is 0 Å². The molecule has 0 aromatic heterocycles. The van der Waals surface area contributed by atoms with Gasteiger partial charge in [-0.3, -0.25) is 4.79 Å². The third-order valence-corrected chi connectivity index (χ3v) is 2.82. The molecule has 0 saturated carbocycles. The van der Waals surface area contributed by atoms with E-state index >= 15 is 0 Å². The highest BCUT2D eigenvalue weighted by atomic mass is 16.5. The first kappa shape index (κ1) is 12.4. The smallest absolute Gasteiger partial charge is 0.335 e. The summed E-state index contributed by atoms with van der Waals surface area (Å²) in [5.41, 5.74) is 0.852. The van der Waals surface area contributed by atoms with Crippen LogP contribution in [0.3, 0.4) is 0 Å². The molecule has 1 heterocycles. The van der Waals surface area contributed by atoms with Crippen molar-refractivity contribution >= 4 is 11.9 Å². The number of aromatic carboxylic acids is 1. The second-order valence-electron chi connectivity index (χ2n) is 4.02. The first-order chi connectivity index (χ1) is 8.56. The first-order valence-corrected chi connectivity index (χ1v) is 5.46. The average Bonchev–Trinajstić information content (AvgIpc) is 2.79. The minimum atomic E-state index is -1.10. The van der Waals surface area contributed by atoms with Crippen molar-refractivity contribution in [2.75, 3.05) is 13.7 Å². The standard InChI is InChI=1S/C12H13NO5/c1-13-11(15)9-4-7(12(16)17)2-6-3-8(5-14)18-10(6)9/h2,4,8,14H,3,5H2,1H3,(H,13,15)(H,16,17). The molecule has 1 aliphatic rings. The summed E-state index contributed by atoms with van der Waals surface area (Å²) in [5, 5.41) is 20.5. The molecule has 1 amide bonds. The van der Waals surface area contributed by atoms with Gasteiger partial charge in [-0.25, -0.2) is 4.79 Å². The van der Waals surface area contributed by atoms with Gasteiger partial charge >= 0.3 is 5.97 Å². The number of fused-ring (bicyclic) bond motifs is 1. The van der Waals surface area contributed by atoms with Crippen LogP contribution in [0.25, 0.3) is 0 Å². The average molecular weight is 251 g/mol. The van der Waals surface area contributed by atoms with E-state index in [4.69, 9.17) is 14.9 Å². The maximum Gasteiger partial charge on any atom is 0.335 e. The summed E-state index contributed by atoms with van der Waals surface area (Å²) >= 11 is 0. The minimum absolute atomic E-state index is 0.0366. The lowest BCUT2D eigenvalue weighted by Gasteiger charge is -2.10. The number of hydrogen-bond donors (Lipinski definition) is 3. The number of hydrogen-bond acceptors (Lipinski definition) is 4. The van der Waals surface area contributed by atoms with Crippen molar-refractivity contribution < 1.29 is 24.5 Å². The third-order valence-electron chi connectivity index (χ3n) is 2.82. The van der Waals surface area contributed by atoms with Crippen molar-refractivity contribution in [2.24, 2.45) is 0 Å². The minimum Gasteiger partial charge on any atom is -0.487 e. The van der Waals surface area contributed by atoms with Gasteiger partial charge in [0.1, 0.15) is 11.9 Å². The predicted molar refractivity (Wildman–Crippen MR) is 62.0 cm³/mol. The number of rotatable bonds is 3. The fourth-order valence-electron chi connectivity index (χ4n) is 1.96. The molecule has 3 N–H and O–H groups in total. The summed E-state index contributed by atoms with van der Waals surface area (Å²) in [6.07, 6.45) is -0.0239. The summed E-state index contributed by atoms with van der Waals surface area (Å²) in [5.74, 6) is -1.15. The van der Waals surface area contributed by atoms with Gasteiger partial charge in [0.15, 0.2) is 0 Å². The molecular formula is C12H13NO5. The number of benzene rings is 1. The molecule has 6 heteroatoms. The lowest BCUT2D eigenvalue weighted by Crippen LogP contribution is -2.21. The molecule has 0 aliphatic carbocycles. The maximum absolute atomic E-state index is 11.7. The van der Waals surface area contributed by atoms with Crippen LogP contribution >= 0.6 is 0 Å². The lowest BCUT2D eigenvalue weighted by atomic mass is 10.0. The zero-order valence-corrected chi connectivity index (χ0v) is 9.77. The molecule has 1 unspecified atom stereocenters. The monoisotopic (exact) mass is 251 g/mol. The topological polar surface area (TPSA) is 95.9 Å². The van der Waals surface area contributed by atoms with Gasteiger partial charge in [0.25, 0.3) is 5.91 Å². The summed E-state index contributed by atoms with van der Waals surface area (Å²) in [6, 6.07) is 2.75. The Morgan fingerprint density at radius 3 is 2.78 bits per heavy atom. The number of amides is 1. The third kappa shape index (κ3) is 2.02. The summed E-state index contributed by atoms with van der Waals surface area (Å²) < 4.78 is 5.44. The lowest BCUT2D eigenvalue weighted by molar-refractivity contribution is 0.0696. The maximum atomic E-state index is 11.7. The van der Waals surface area contributed by atoms with Gasteiger partial charge in [-0.05, 0) is 17.7 Å². The highest BCUT2D eigenvalue weighted by Gasteiger charge is 2.28. The Kier molecular flexibility index (Phi) is 3.20. The Labute approximate surface area is 103 Å². The normalized spacial score (nSPS) is 16.9. The molecule has 96 valence electrons. The number of aliphatic hydroxyl groups is 1. The largest absolute Gasteiger partial charge is 0.487 e. The molecule has 0 fully saturated rings. The number of ether oxygens (including phenoxy) is 1. The fraction of sp³-hybridized carbons (Fsp3) is 0.333. The molecule has 0 bridgehead atoms. The van der Waals surface area contributed by atoms with Crippen LogP contribution in [0.5, 0.6) is 5.75 Å². The van der Waals surface area contributed by atoms with Gasteiger partial charge < -0.3 is 20.3 Å². The molecule has 1 aromatic carbocycles. The van der Waals surface area contributed by atoms with Crippen molar-refractivity contribution in [3.63, 3.8) is 0 Å². The Morgan fingerprint density at radius 2 is 2.22 bits per heavy atom. The number of aliphatic hydroxyl groups excluding tert-OH is 1. The second-order valence-corrected chi connectivity index (χ2v) is 4.02. The van der Waals surface area contributed by atoms with E-state index in [9.17, 15) is 9.59 Å². The molecule has 0 radical (unpaired) electrons. The number of carbonyl (C=O) groups is 2. The van der Waals surface area contributed by atoms with E-state index in [-0.39, 0.29) is 17.7 Å². The van der Waals surface area contributed by atoms with Crippen molar-refractivity contribution in [3.8, 4) is 5.75 Å². The van der Waals surface area contributed by atoms with Crippen LogP contribution in [0.2, 0.25) is 0 Å². The first-order valence-electron chi connectivity index (χ1n) is 5.46. The Hall–Kier alpha value is -2.08. The number of carbonyl (C=O) groups excluding carboxylic acids is 1. The van der Waals surface area contributed by atoms with E-state index in [0.29, 0.717) is 17.7 Å². The van der Waals surface area contributed by atoms with Crippen LogP contribution in [-0.2, 0) is 6.42 Å². The fourth-order valence-corrected chi connectivity index (χ4v) is 1.96. The zero-order chi connectivity index (χ0) is 13.3. The Morgan fingerprint density at radius 1 is 1.50 bits per heavy atom. The number of nitrogens with one attached hydrogen (secondary N) is 1. The SMILES string of the molecule is CNC(=O)c1cc(C(=O)O)cc2c1OC(CO)C2. The number of carboxylic acid groups (broad SMARTS) is 1. The van der Waals surface area contributed by atoms with Crippen LogP contribution in [0, 0.1) is 0 Å². The van der Waals surface area contributed by atoms with Crippen molar-refractivity contribution in [2.45, 2.75) is 12.5 Å². The van der Waals surface area contributed by atoms with Crippen LogP contribution < -0.4 is 10.1 Å². The highest BCUT2D eigenvalue weighted by Crippen LogP contribution is 2.33. The van der Waals surface area contributed by atoms with Crippen molar-refractivity contribution in [1.82, 2.24) is 5.32 Å². The van der Waals surface area contributed by atoms with Gasteiger partial charge in [-0.1, -0.05) is 0 Å². The molecule has 1 aliphatic heterocycles. The number of carboxylic acids is 1. The predicted octanol–water partition coefficient (Wildman–Crippen LogP) is 0.0402. The van der Waals surface area contributed by atoms with Crippen molar-refractivity contribution in [3.05, 3.63) is 28.8 Å². The second kappa shape index (κ2) is 4.66. The van der Waals surface area contributed by atoms with Crippen LogP contribution in [-0.4, -0.2) is 41.8 Å². The van der Waals surface area contributed by atoms with Gasteiger partial charge in [0.05, 0.1) is 17.7 Å². The summed E-state index contributed by atoms with van der Waals surface area (Å²) in [4.78, 5) is 22.7. The van der Waals surface area contributed by atoms with Gasteiger partial charge in [0.2, 0.25) is 0 Å². The van der Waals surface area contributed by atoms with Gasteiger partial charge in [-0.15, -0.1) is 0 Å². The van der Waals surface area contributed by atoms with Gasteiger partial charge in [0, 0.05) is 13.5 Å².